The van der Waals surface area contributed by atoms with Gasteiger partial charge in [-0.05, 0) is 24.6 Å². The van der Waals surface area contributed by atoms with Crippen LogP contribution in [0, 0.1) is 6.92 Å². The van der Waals surface area contributed by atoms with Gasteiger partial charge in [-0.1, -0.05) is 59.4 Å². The number of aryl methyl sites for hydroxylation is 1. The van der Waals surface area contributed by atoms with Crippen LogP contribution >= 0.6 is 23.1 Å². The minimum atomic E-state index is -3.63. The monoisotopic (exact) mass is 462 g/mol. The molecule has 1 aromatic heterocycles. The second kappa shape index (κ2) is 10.7. The lowest BCUT2D eigenvalue weighted by Gasteiger charge is -2.06. The van der Waals surface area contributed by atoms with Crippen LogP contribution in [0.25, 0.3) is 0 Å². The summed E-state index contributed by atoms with van der Waals surface area (Å²) >= 11 is 3.05. The second-order valence-corrected chi connectivity index (χ2v) is 10.3. The van der Waals surface area contributed by atoms with E-state index >= 15 is 0 Å². The number of sulfonamides is 1. The number of thioether (sulfide) groups is 1. The third kappa shape index (κ3) is 6.91. The molecule has 30 heavy (non-hydrogen) atoms. The summed E-state index contributed by atoms with van der Waals surface area (Å²) in [5, 5.41) is 12.0. The number of aromatic nitrogens is 2. The molecule has 0 spiro atoms. The molecule has 158 valence electrons. The Morgan fingerprint density at radius 3 is 2.50 bits per heavy atom. The van der Waals surface area contributed by atoms with Crippen LogP contribution in [0.2, 0.25) is 0 Å². The van der Waals surface area contributed by atoms with E-state index in [0.29, 0.717) is 10.9 Å². The maximum atomic E-state index is 12.2. The van der Waals surface area contributed by atoms with Gasteiger partial charge in [0.25, 0.3) is 0 Å². The first kappa shape index (κ1) is 22.4. The zero-order chi connectivity index (χ0) is 21.4. The summed E-state index contributed by atoms with van der Waals surface area (Å²) in [6, 6.07) is 16.7. The molecule has 0 bridgehead atoms. The third-order valence-electron chi connectivity index (χ3n) is 4.03. The van der Waals surface area contributed by atoms with Gasteiger partial charge in [0.2, 0.25) is 21.1 Å². The molecule has 0 saturated heterocycles. The van der Waals surface area contributed by atoms with Crippen LogP contribution in [0.1, 0.15) is 22.6 Å². The standard InChI is InChI=1S/C20H22N4O3S3/c1-15-7-9-17(10-8-15)30(26,27)21-12-11-18(25)22-20-24-23-19(29-20)14-28-13-16-5-3-2-4-6-16/h2-10,21H,11-14H2,1H3,(H,22,24,25). The van der Waals surface area contributed by atoms with Gasteiger partial charge in [-0.25, -0.2) is 13.1 Å². The second-order valence-electron chi connectivity index (χ2n) is 6.49. The first-order chi connectivity index (χ1) is 14.4. The molecular formula is C20H22N4O3S3. The summed E-state index contributed by atoms with van der Waals surface area (Å²) in [4.78, 5) is 12.3. The maximum Gasteiger partial charge on any atom is 0.240 e. The van der Waals surface area contributed by atoms with Crippen LogP contribution in [0.5, 0.6) is 0 Å². The summed E-state index contributed by atoms with van der Waals surface area (Å²) in [7, 11) is -3.63. The minimum Gasteiger partial charge on any atom is -0.300 e. The van der Waals surface area contributed by atoms with Crippen molar-refractivity contribution < 1.29 is 13.2 Å². The van der Waals surface area contributed by atoms with E-state index in [0.717, 1.165) is 16.3 Å². The first-order valence-corrected chi connectivity index (χ1v) is 12.7. The molecule has 0 aliphatic carbocycles. The molecule has 0 aliphatic heterocycles. The van der Waals surface area contributed by atoms with Gasteiger partial charge in [-0.2, -0.15) is 0 Å². The molecule has 10 heteroatoms. The largest absolute Gasteiger partial charge is 0.300 e. The highest BCUT2D eigenvalue weighted by molar-refractivity contribution is 7.97. The number of rotatable bonds is 10. The normalized spacial score (nSPS) is 11.4. The number of nitrogens with one attached hydrogen (secondary N) is 2. The molecule has 0 radical (unpaired) electrons. The highest BCUT2D eigenvalue weighted by Gasteiger charge is 2.14. The fourth-order valence-corrected chi connectivity index (χ4v) is 5.31. The molecule has 0 unspecified atom stereocenters. The molecule has 0 saturated carbocycles. The maximum absolute atomic E-state index is 12.2. The van der Waals surface area contributed by atoms with E-state index in [2.05, 4.69) is 32.4 Å². The Bertz CT molecular complexity index is 1070. The zero-order valence-electron chi connectivity index (χ0n) is 16.4. The van der Waals surface area contributed by atoms with Crippen molar-refractivity contribution in [2.24, 2.45) is 0 Å². The molecule has 3 rings (SSSR count). The molecule has 1 amide bonds. The molecule has 0 fully saturated rings. The van der Waals surface area contributed by atoms with Gasteiger partial charge in [-0.3, -0.25) is 4.79 Å². The Hall–Kier alpha value is -2.27. The number of anilines is 1. The zero-order valence-corrected chi connectivity index (χ0v) is 18.8. The summed E-state index contributed by atoms with van der Waals surface area (Å²) in [5.74, 6) is 1.27. The van der Waals surface area contributed by atoms with Crippen molar-refractivity contribution in [3.63, 3.8) is 0 Å². The van der Waals surface area contributed by atoms with Gasteiger partial charge < -0.3 is 5.32 Å². The molecule has 7 nitrogen and oxygen atoms in total. The van der Waals surface area contributed by atoms with Crippen molar-refractivity contribution in [2.75, 3.05) is 11.9 Å². The van der Waals surface area contributed by atoms with E-state index < -0.39 is 10.0 Å². The average Bonchev–Trinajstić information content (AvgIpc) is 3.16. The fourth-order valence-electron chi connectivity index (χ4n) is 2.47. The molecule has 2 N–H and O–H groups in total. The minimum absolute atomic E-state index is 0.000627. The molecule has 0 aliphatic rings. The number of benzene rings is 2. The van der Waals surface area contributed by atoms with Crippen LogP contribution in [0.15, 0.2) is 59.5 Å². The number of hydrogen-bond acceptors (Lipinski definition) is 7. The van der Waals surface area contributed by atoms with E-state index in [1.54, 1.807) is 23.9 Å². The molecule has 2 aromatic carbocycles. The van der Waals surface area contributed by atoms with Crippen molar-refractivity contribution in [3.05, 3.63) is 70.7 Å². The molecule has 1 heterocycles. The van der Waals surface area contributed by atoms with Gasteiger partial charge in [0.1, 0.15) is 5.01 Å². The SMILES string of the molecule is Cc1ccc(S(=O)(=O)NCCC(=O)Nc2nnc(CSCc3ccccc3)s2)cc1. The van der Waals surface area contributed by atoms with Gasteiger partial charge in [0.05, 0.1) is 4.90 Å². The topological polar surface area (TPSA) is 101 Å². The Morgan fingerprint density at radius 1 is 1.03 bits per heavy atom. The van der Waals surface area contributed by atoms with Crippen molar-refractivity contribution in [1.29, 1.82) is 0 Å². The Morgan fingerprint density at radius 2 is 1.77 bits per heavy atom. The summed E-state index contributed by atoms with van der Waals surface area (Å²) < 4.78 is 26.9. The Kier molecular flexibility index (Phi) is 7.97. The predicted octanol–water partition coefficient (Wildman–Crippen LogP) is 3.59. The Labute approximate surface area is 184 Å². The summed E-state index contributed by atoms with van der Waals surface area (Å²) in [6.07, 6.45) is 0.00274. The van der Waals surface area contributed by atoms with Crippen LogP contribution < -0.4 is 10.0 Å². The van der Waals surface area contributed by atoms with Gasteiger partial charge >= 0.3 is 0 Å². The number of carbonyl (C=O) groups is 1. The molecule has 0 atom stereocenters. The lowest BCUT2D eigenvalue weighted by molar-refractivity contribution is -0.116. The van der Waals surface area contributed by atoms with Gasteiger partial charge in [-0.15, -0.1) is 22.0 Å². The molecule has 3 aromatic rings. The van der Waals surface area contributed by atoms with Crippen LogP contribution in [0.3, 0.4) is 0 Å². The van der Waals surface area contributed by atoms with E-state index in [-0.39, 0.29) is 23.8 Å². The molecular weight excluding hydrogens is 440 g/mol. The van der Waals surface area contributed by atoms with Crippen molar-refractivity contribution in [1.82, 2.24) is 14.9 Å². The third-order valence-corrected chi connectivity index (χ3v) is 7.54. The lowest BCUT2D eigenvalue weighted by Crippen LogP contribution is -2.27. The number of hydrogen-bond donors (Lipinski definition) is 2. The number of amides is 1. The van der Waals surface area contributed by atoms with Crippen molar-refractivity contribution in [2.45, 2.75) is 29.7 Å². The van der Waals surface area contributed by atoms with E-state index in [4.69, 9.17) is 0 Å². The van der Waals surface area contributed by atoms with Crippen LogP contribution in [-0.2, 0) is 26.3 Å². The highest BCUT2D eigenvalue weighted by Crippen LogP contribution is 2.22. The number of carbonyl (C=O) groups excluding carboxylic acids is 1. The van der Waals surface area contributed by atoms with Crippen LogP contribution in [-0.4, -0.2) is 31.1 Å². The summed E-state index contributed by atoms with van der Waals surface area (Å²) in [6.45, 7) is 1.88. The van der Waals surface area contributed by atoms with Crippen molar-refractivity contribution in [3.8, 4) is 0 Å². The predicted molar refractivity (Wildman–Crippen MR) is 121 cm³/mol. The first-order valence-electron chi connectivity index (χ1n) is 9.22. The Balaban J connectivity index is 1.40. The average molecular weight is 463 g/mol. The van der Waals surface area contributed by atoms with Gasteiger partial charge in [0.15, 0.2) is 0 Å². The van der Waals surface area contributed by atoms with Crippen molar-refractivity contribution >= 4 is 44.2 Å². The summed E-state index contributed by atoms with van der Waals surface area (Å²) in [5.41, 5.74) is 2.22. The van der Waals surface area contributed by atoms with Crippen LogP contribution in [0.4, 0.5) is 5.13 Å². The lowest BCUT2D eigenvalue weighted by atomic mass is 10.2. The van der Waals surface area contributed by atoms with E-state index in [9.17, 15) is 13.2 Å². The van der Waals surface area contributed by atoms with Gasteiger partial charge in [0, 0.05) is 24.5 Å². The van der Waals surface area contributed by atoms with E-state index in [1.165, 1.54) is 29.0 Å². The quantitative estimate of drug-likeness (QED) is 0.478. The smallest absolute Gasteiger partial charge is 0.240 e. The van der Waals surface area contributed by atoms with E-state index in [1.807, 2.05) is 25.1 Å². The fraction of sp³-hybridized carbons (Fsp3) is 0.250. The highest BCUT2D eigenvalue weighted by atomic mass is 32.2. The number of nitrogens with zero attached hydrogens (tertiary/aromatic N) is 2.